The molecule has 0 aliphatic carbocycles. The molecule has 0 atom stereocenters. The Labute approximate surface area is 106 Å². The van der Waals surface area contributed by atoms with Crippen molar-refractivity contribution in [3.05, 3.63) is 63.3 Å². The molecule has 6 heteroatoms. The summed E-state index contributed by atoms with van der Waals surface area (Å²) in [5, 5.41) is 2.62. The summed E-state index contributed by atoms with van der Waals surface area (Å²) in [6, 6.07) is 6.49. The van der Waals surface area contributed by atoms with Crippen molar-refractivity contribution >= 4 is 23.2 Å². The number of aromatic amines is 1. The standard InChI is InChI=1S/C12H8ClFN2O2/c13-8-2-3-10(9(14)5-8)16-12(18)7-1-4-11(17)15-6-7/h1-6H,(H,15,17)(H,16,18). The summed E-state index contributed by atoms with van der Waals surface area (Å²) in [5.74, 6) is -1.15. The Morgan fingerprint density at radius 3 is 2.67 bits per heavy atom. The first-order valence-electron chi connectivity index (χ1n) is 5.01. The van der Waals surface area contributed by atoms with Gasteiger partial charge in [0.25, 0.3) is 5.91 Å². The second-order valence-electron chi connectivity index (χ2n) is 3.52. The number of anilines is 1. The van der Waals surface area contributed by atoms with Gasteiger partial charge in [-0.25, -0.2) is 4.39 Å². The molecule has 1 aromatic heterocycles. The van der Waals surface area contributed by atoms with Crippen LogP contribution in [0.3, 0.4) is 0 Å². The average Bonchev–Trinajstić information content (AvgIpc) is 2.33. The summed E-state index contributed by atoms with van der Waals surface area (Å²) in [4.78, 5) is 24.9. The molecule has 2 aromatic rings. The van der Waals surface area contributed by atoms with Crippen LogP contribution in [0, 0.1) is 5.82 Å². The van der Waals surface area contributed by atoms with Gasteiger partial charge in [0, 0.05) is 17.3 Å². The lowest BCUT2D eigenvalue weighted by Crippen LogP contribution is -2.15. The Hall–Kier alpha value is -2.14. The zero-order chi connectivity index (χ0) is 13.1. The number of aromatic nitrogens is 1. The van der Waals surface area contributed by atoms with Crippen molar-refractivity contribution in [3.8, 4) is 0 Å². The zero-order valence-electron chi connectivity index (χ0n) is 9.04. The Morgan fingerprint density at radius 1 is 1.28 bits per heavy atom. The lowest BCUT2D eigenvalue weighted by molar-refractivity contribution is 0.102. The van der Waals surface area contributed by atoms with Gasteiger partial charge in [0.05, 0.1) is 11.3 Å². The van der Waals surface area contributed by atoms with Gasteiger partial charge >= 0.3 is 0 Å². The first-order chi connectivity index (χ1) is 8.56. The van der Waals surface area contributed by atoms with Crippen molar-refractivity contribution in [1.29, 1.82) is 0 Å². The van der Waals surface area contributed by atoms with E-state index in [0.717, 1.165) is 6.07 Å². The minimum absolute atomic E-state index is 0.0237. The molecule has 18 heavy (non-hydrogen) atoms. The average molecular weight is 267 g/mol. The summed E-state index contributed by atoms with van der Waals surface area (Å²) in [7, 11) is 0. The van der Waals surface area contributed by atoms with Gasteiger partial charge in [-0.1, -0.05) is 11.6 Å². The number of amides is 1. The molecular formula is C12H8ClFN2O2. The van der Waals surface area contributed by atoms with E-state index in [0.29, 0.717) is 0 Å². The van der Waals surface area contributed by atoms with Crippen LogP contribution in [-0.2, 0) is 0 Å². The van der Waals surface area contributed by atoms with E-state index in [-0.39, 0.29) is 21.8 Å². The van der Waals surface area contributed by atoms with Crippen LogP contribution in [0.2, 0.25) is 5.02 Å². The molecule has 0 saturated carbocycles. The van der Waals surface area contributed by atoms with Crippen LogP contribution in [0.1, 0.15) is 10.4 Å². The maximum atomic E-state index is 13.4. The molecule has 0 saturated heterocycles. The van der Waals surface area contributed by atoms with Crippen molar-refractivity contribution < 1.29 is 9.18 Å². The van der Waals surface area contributed by atoms with Crippen molar-refractivity contribution in [2.24, 2.45) is 0 Å². The van der Waals surface area contributed by atoms with Crippen LogP contribution in [-0.4, -0.2) is 10.9 Å². The van der Waals surface area contributed by atoms with Crippen molar-refractivity contribution in [2.45, 2.75) is 0 Å². The maximum Gasteiger partial charge on any atom is 0.257 e. The maximum absolute atomic E-state index is 13.4. The summed E-state index contributed by atoms with van der Waals surface area (Å²) >= 11 is 5.60. The van der Waals surface area contributed by atoms with Crippen LogP contribution < -0.4 is 10.9 Å². The summed E-state index contributed by atoms with van der Waals surface area (Å²) in [5.41, 5.74) is -0.0660. The van der Waals surface area contributed by atoms with Crippen LogP contribution in [0.4, 0.5) is 10.1 Å². The fourth-order valence-corrected chi connectivity index (χ4v) is 1.50. The Bertz CT molecular complexity index is 634. The van der Waals surface area contributed by atoms with Gasteiger partial charge in [0.2, 0.25) is 5.56 Å². The zero-order valence-corrected chi connectivity index (χ0v) is 9.79. The largest absolute Gasteiger partial charge is 0.328 e. The lowest BCUT2D eigenvalue weighted by Gasteiger charge is -2.06. The van der Waals surface area contributed by atoms with Gasteiger partial charge in [-0.2, -0.15) is 0 Å². The molecular weight excluding hydrogens is 259 g/mol. The highest BCUT2D eigenvalue weighted by atomic mass is 35.5. The quantitative estimate of drug-likeness (QED) is 0.877. The molecule has 1 amide bonds. The number of halogens is 2. The lowest BCUT2D eigenvalue weighted by atomic mass is 10.2. The molecule has 0 spiro atoms. The molecule has 0 aliphatic rings. The predicted molar refractivity (Wildman–Crippen MR) is 66.4 cm³/mol. The van der Waals surface area contributed by atoms with E-state index < -0.39 is 11.7 Å². The third-order valence-corrected chi connectivity index (χ3v) is 2.46. The predicted octanol–water partition coefficient (Wildman–Crippen LogP) is 2.42. The first kappa shape index (κ1) is 12.3. The van der Waals surface area contributed by atoms with E-state index in [2.05, 4.69) is 10.3 Å². The van der Waals surface area contributed by atoms with Gasteiger partial charge in [-0.3, -0.25) is 9.59 Å². The minimum atomic E-state index is -0.625. The minimum Gasteiger partial charge on any atom is -0.328 e. The van der Waals surface area contributed by atoms with Gasteiger partial charge in [0.1, 0.15) is 5.82 Å². The summed E-state index contributed by atoms with van der Waals surface area (Å²) in [6.07, 6.45) is 1.26. The van der Waals surface area contributed by atoms with Crippen LogP contribution in [0.5, 0.6) is 0 Å². The third kappa shape index (κ3) is 2.75. The highest BCUT2D eigenvalue weighted by Crippen LogP contribution is 2.19. The van der Waals surface area contributed by atoms with Gasteiger partial charge in [0.15, 0.2) is 0 Å². The Morgan fingerprint density at radius 2 is 2.06 bits per heavy atom. The summed E-state index contributed by atoms with van der Waals surface area (Å²) < 4.78 is 13.4. The van der Waals surface area contributed by atoms with E-state index in [4.69, 9.17) is 11.6 Å². The smallest absolute Gasteiger partial charge is 0.257 e. The highest BCUT2D eigenvalue weighted by molar-refractivity contribution is 6.30. The van der Waals surface area contributed by atoms with E-state index in [9.17, 15) is 14.0 Å². The number of carbonyl (C=O) groups is 1. The molecule has 2 N–H and O–H groups in total. The molecule has 0 unspecified atom stereocenters. The fourth-order valence-electron chi connectivity index (χ4n) is 1.34. The molecule has 2 rings (SSSR count). The normalized spacial score (nSPS) is 10.1. The fraction of sp³-hybridized carbons (Fsp3) is 0. The number of nitrogens with one attached hydrogen (secondary N) is 2. The van der Waals surface area contributed by atoms with Gasteiger partial charge in [-0.05, 0) is 24.3 Å². The molecule has 0 bridgehead atoms. The van der Waals surface area contributed by atoms with Crippen molar-refractivity contribution in [3.63, 3.8) is 0 Å². The van der Waals surface area contributed by atoms with E-state index in [1.807, 2.05) is 0 Å². The van der Waals surface area contributed by atoms with Crippen LogP contribution in [0.25, 0.3) is 0 Å². The Kier molecular flexibility index (Phi) is 3.43. The van der Waals surface area contributed by atoms with Crippen LogP contribution >= 0.6 is 11.6 Å². The molecule has 4 nitrogen and oxygen atoms in total. The molecule has 92 valence electrons. The van der Waals surface area contributed by atoms with E-state index >= 15 is 0 Å². The molecule has 0 aliphatic heterocycles. The van der Waals surface area contributed by atoms with Crippen molar-refractivity contribution in [2.75, 3.05) is 5.32 Å². The van der Waals surface area contributed by atoms with Gasteiger partial charge in [-0.15, -0.1) is 0 Å². The second-order valence-corrected chi connectivity index (χ2v) is 3.96. The van der Waals surface area contributed by atoms with E-state index in [1.54, 1.807) is 0 Å². The second kappa shape index (κ2) is 5.01. The molecule has 0 radical (unpaired) electrons. The third-order valence-electron chi connectivity index (χ3n) is 2.23. The first-order valence-corrected chi connectivity index (χ1v) is 5.39. The summed E-state index contributed by atoms with van der Waals surface area (Å²) in [6.45, 7) is 0. The number of carbonyl (C=O) groups excluding carboxylic acids is 1. The molecule has 1 aromatic carbocycles. The number of hydrogen-bond donors (Lipinski definition) is 2. The van der Waals surface area contributed by atoms with Gasteiger partial charge < -0.3 is 10.3 Å². The number of hydrogen-bond acceptors (Lipinski definition) is 2. The van der Waals surface area contributed by atoms with Crippen molar-refractivity contribution in [1.82, 2.24) is 4.98 Å². The topological polar surface area (TPSA) is 62.0 Å². The van der Waals surface area contributed by atoms with E-state index in [1.165, 1.54) is 30.5 Å². The van der Waals surface area contributed by atoms with Crippen LogP contribution in [0.15, 0.2) is 41.3 Å². The Balaban J connectivity index is 2.21. The number of rotatable bonds is 2. The number of pyridine rings is 1. The molecule has 0 fully saturated rings. The highest BCUT2D eigenvalue weighted by Gasteiger charge is 2.09. The monoisotopic (exact) mass is 266 g/mol. The number of H-pyrrole nitrogens is 1. The SMILES string of the molecule is O=C(Nc1ccc(Cl)cc1F)c1ccc(=O)[nH]c1. The molecule has 1 heterocycles. The number of benzene rings is 1.